The fourth-order valence-electron chi connectivity index (χ4n) is 2.27. The van der Waals surface area contributed by atoms with E-state index in [1.165, 1.54) is 18.2 Å². The van der Waals surface area contributed by atoms with Gasteiger partial charge in [0.2, 0.25) is 0 Å². The number of nitrogens with zero attached hydrogens (tertiary/aromatic N) is 1. The molecule has 2 aromatic rings. The second kappa shape index (κ2) is 5.90. The Balaban J connectivity index is 1.93. The number of hydrogen-bond donors (Lipinski definition) is 1. The Morgan fingerprint density at radius 1 is 1.26 bits per heavy atom. The molecule has 0 unspecified atom stereocenters. The number of benzene rings is 2. The molecule has 0 saturated carbocycles. The Kier molecular flexibility index (Phi) is 4.08. The van der Waals surface area contributed by atoms with E-state index in [0.717, 1.165) is 6.07 Å². The summed E-state index contributed by atoms with van der Waals surface area (Å²) in [5, 5.41) is -0.149. The summed E-state index contributed by atoms with van der Waals surface area (Å²) in [4.78, 5) is 2.01. The molecule has 5 nitrogen and oxygen atoms in total. The molecule has 0 bridgehead atoms. The van der Waals surface area contributed by atoms with Crippen LogP contribution in [0.3, 0.4) is 0 Å². The second-order valence-corrected chi connectivity index (χ2v) is 7.22. The second-order valence-electron chi connectivity index (χ2n) is 5.13. The van der Waals surface area contributed by atoms with Crippen LogP contribution >= 0.6 is 11.6 Å². The van der Waals surface area contributed by atoms with Gasteiger partial charge in [-0.05, 0) is 36.4 Å². The van der Waals surface area contributed by atoms with E-state index in [1.807, 2.05) is 11.9 Å². The van der Waals surface area contributed by atoms with E-state index in [0.29, 0.717) is 24.6 Å². The molecule has 0 amide bonds. The highest BCUT2D eigenvalue weighted by Gasteiger charge is 2.21. The third kappa shape index (κ3) is 3.20. The van der Waals surface area contributed by atoms with Crippen LogP contribution in [0.15, 0.2) is 41.3 Å². The lowest BCUT2D eigenvalue weighted by molar-refractivity contribution is 0.311. The van der Waals surface area contributed by atoms with E-state index in [-0.39, 0.29) is 15.6 Å². The number of fused-ring (bicyclic) bond motifs is 1. The van der Waals surface area contributed by atoms with Gasteiger partial charge in [-0.15, -0.1) is 0 Å². The van der Waals surface area contributed by atoms with Gasteiger partial charge in [0.1, 0.15) is 18.2 Å². The monoisotopic (exact) mass is 356 g/mol. The maximum atomic E-state index is 13.2. The maximum Gasteiger partial charge on any atom is 0.261 e. The molecule has 0 fully saturated rings. The normalized spacial score (nSPS) is 14.1. The molecule has 0 atom stereocenters. The molecule has 3 rings (SSSR count). The van der Waals surface area contributed by atoms with Gasteiger partial charge in [0.05, 0.1) is 27.8 Å². The number of sulfonamides is 1. The van der Waals surface area contributed by atoms with E-state index in [9.17, 15) is 12.8 Å². The van der Waals surface area contributed by atoms with Crippen molar-refractivity contribution in [3.63, 3.8) is 0 Å². The number of likely N-dealkylation sites (N-methyl/N-ethyl adjacent to an activating group) is 1. The first-order valence-electron chi connectivity index (χ1n) is 6.83. The maximum absolute atomic E-state index is 13.2. The Hall–Kier alpha value is -1.99. The van der Waals surface area contributed by atoms with Crippen LogP contribution in [0.1, 0.15) is 0 Å². The van der Waals surface area contributed by atoms with Gasteiger partial charge in [-0.1, -0.05) is 11.6 Å². The van der Waals surface area contributed by atoms with Gasteiger partial charge in [-0.3, -0.25) is 4.72 Å². The fourth-order valence-corrected chi connectivity index (χ4v) is 3.52. The standard InChI is InChI=1S/C15H14ClFN2O3S/c1-19-6-7-22-15-5-3-11(9-14(15)19)23(20,21)18-10-2-4-13(17)12(16)8-10/h2-5,8-9,18H,6-7H2,1H3. The van der Waals surface area contributed by atoms with Gasteiger partial charge in [-0.25, -0.2) is 12.8 Å². The predicted molar refractivity (Wildman–Crippen MR) is 87.4 cm³/mol. The van der Waals surface area contributed by atoms with Crippen molar-refractivity contribution in [1.29, 1.82) is 0 Å². The number of rotatable bonds is 3. The summed E-state index contributed by atoms with van der Waals surface area (Å²) < 4.78 is 46.0. The van der Waals surface area contributed by atoms with Gasteiger partial charge in [0.25, 0.3) is 10.0 Å². The Morgan fingerprint density at radius 2 is 2.04 bits per heavy atom. The molecule has 1 aliphatic heterocycles. The molecule has 1 N–H and O–H groups in total. The quantitative estimate of drug-likeness (QED) is 0.918. The zero-order valence-electron chi connectivity index (χ0n) is 12.2. The minimum absolute atomic E-state index is 0.0917. The highest BCUT2D eigenvalue weighted by Crippen LogP contribution is 2.33. The smallest absolute Gasteiger partial charge is 0.261 e. The number of nitrogens with one attached hydrogen (secondary N) is 1. The zero-order chi connectivity index (χ0) is 16.6. The lowest BCUT2D eigenvalue weighted by Gasteiger charge is -2.28. The largest absolute Gasteiger partial charge is 0.490 e. The first-order chi connectivity index (χ1) is 10.9. The van der Waals surface area contributed by atoms with E-state index in [2.05, 4.69) is 4.72 Å². The molecular weight excluding hydrogens is 343 g/mol. The number of halogens is 2. The van der Waals surface area contributed by atoms with Crippen molar-refractivity contribution >= 4 is 33.0 Å². The van der Waals surface area contributed by atoms with Crippen LogP contribution in [0, 0.1) is 5.82 Å². The van der Waals surface area contributed by atoms with Crippen LogP contribution < -0.4 is 14.4 Å². The van der Waals surface area contributed by atoms with Gasteiger partial charge in [0, 0.05) is 7.05 Å². The molecule has 0 spiro atoms. The van der Waals surface area contributed by atoms with Crippen LogP contribution in [-0.4, -0.2) is 28.6 Å². The Labute approximate surface area is 138 Å². The minimum atomic E-state index is -3.81. The summed E-state index contributed by atoms with van der Waals surface area (Å²) in [6.45, 7) is 1.24. The van der Waals surface area contributed by atoms with E-state index in [4.69, 9.17) is 16.3 Å². The van der Waals surface area contributed by atoms with Crippen molar-refractivity contribution in [2.45, 2.75) is 4.90 Å². The summed E-state index contributed by atoms with van der Waals surface area (Å²) in [5.74, 6) is 0.0321. The highest BCUT2D eigenvalue weighted by molar-refractivity contribution is 7.92. The average Bonchev–Trinajstić information content (AvgIpc) is 2.51. The lowest BCUT2D eigenvalue weighted by Crippen LogP contribution is -2.29. The molecule has 0 aromatic heterocycles. The van der Waals surface area contributed by atoms with Crippen molar-refractivity contribution in [2.75, 3.05) is 29.8 Å². The molecule has 2 aromatic carbocycles. The highest BCUT2D eigenvalue weighted by atomic mass is 35.5. The third-order valence-electron chi connectivity index (χ3n) is 3.51. The Morgan fingerprint density at radius 3 is 2.78 bits per heavy atom. The number of ether oxygens (including phenoxy) is 1. The van der Waals surface area contributed by atoms with E-state index in [1.54, 1.807) is 12.1 Å². The van der Waals surface area contributed by atoms with Gasteiger partial charge in [0.15, 0.2) is 0 Å². The summed E-state index contributed by atoms with van der Waals surface area (Å²) in [6, 6.07) is 8.27. The molecule has 122 valence electrons. The van der Waals surface area contributed by atoms with Crippen LogP contribution in [0.25, 0.3) is 0 Å². The summed E-state index contributed by atoms with van der Waals surface area (Å²) >= 11 is 5.67. The van der Waals surface area contributed by atoms with Crippen LogP contribution in [0.2, 0.25) is 5.02 Å². The van der Waals surface area contributed by atoms with Crippen molar-refractivity contribution < 1.29 is 17.5 Å². The summed E-state index contributed by atoms with van der Waals surface area (Å²) in [7, 11) is -1.95. The minimum Gasteiger partial charge on any atom is -0.490 e. The summed E-state index contributed by atoms with van der Waals surface area (Å²) in [5.41, 5.74) is 0.898. The van der Waals surface area contributed by atoms with E-state index >= 15 is 0 Å². The number of anilines is 2. The van der Waals surface area contributed by atoms with Gasteiger partial charge >= 0.3 is 0 Å². The molecule has 0 aliphatic carbocycles. The molecule has 1 aliphatic rings. The van der Waals surface area contributed by atoms with Crippen LogP contribution in [-0.2, 0) is 10.0 Å². The van der Waals surface area contributed by atoms with Gasteiger partial charge in [-0.2, -0.15) is 0 Å². The van der Waals surface area contributed by atoms with Crippen LogP contribution in [0.4, 0.5) is 15.8 Å². The molecular formula is C15H14ClFN2O3S. The molecule has 23 heavy (non-hydrogen) atoms. The number of hydrogen-bond acceptors (Lipinski definition) is 4. The average molecular weight is 357 g/mol. The lowest BCUT2D eigenvalue weighted by atomic mass is 10.2. The zero-order valence-corrected chi connectivity index (χ0v) is 13.8. The predicted octanol–water partition coefficient (Wildman–Crippen LogP) is 3.11. The molecule has 8 heteroatoms. The van der Waals surface area contributed by atoms with Gasteiger partial charge < -0.3 is 9.64 Å². The van der Waals surface area contributed by atoms with E-state index < -0.39 is 15.8 Å². The van der Waals surface area contributed by atoms with Crippen molar-refractivity contribution in [2.24, 2.45) is 0 Å². The Bertz CT molecular complexity index is 858. The SMILES string of the molecule is CN1CCOc2ccc(S(=O)(=O)Nc3ccc(F)c(Cl)c3)cc21. The third-order valence-corrected chi connectivity index (χ3v) is 5.18. The van der Waals surface area contributed by atoms with Crippen molar-refractivity contribution in [3.05, 3.63) is 47.2 Å². The fraction of sp³-hybridized carbons (Fsp3) is 0.200. The van der Waals surface area contributed by atoms with Crippen LogP contribution in [0.5, 0.6) is 5.75 Å². The molecule has 1 heterocycles. The molecule has 0 saturated heterocycles. The first kappa shape index (κ1) is 15.9. The summed E-state index contributed by atoms with van der Waals surface area (Å²) in [6.07, 6.45) is 0. The first-order valence-corrected chi connectivity index (χ1v) is 8.69. The van der Waals surface area contributed by atoms with Crippen molar-refractivity contribution in [1.82, 2.24) is 0 Å². The van der Waals surface area contributed by atoms with Crippen molar-refractivity contribution in [3.8, 4) is 5.75 Å². The molecule has 0 radical (unpaired) electrons. The topological polar surface area (TPSA) is 58.6 Å².